The van der Waals surface area contributed by atoms with Crippen LogP contribution in [0, 0.1) is 6.92 Å². The van der Waals surface area contributed by atoms with Crippen LogP contribution >= 0.6 is 11.3 Å². The van der Waals surface area contributed by atoms with Crippen LogP contribution in [0.15, 0.2) is 83.4 Å². The zero-order chi connectivity index (χ0) is 24.6. The van der Waals surface area contributed by atoms with E-state index >= 15 is 0 Å². The van der Waals surface area contributed by atoms with Crippen molar-refractivity contribution in [3.05, 3.63) is 122 Å². The number of aromatic nitrogens is 2. The molecule has 4 aromatic rings. The number of hydrogen-bond acceptors (Lipinski definition) is 5. The highest BCUT2D eigenvalue weighted by Gasteiger charge is 2.19. The summed E-state index contributed by atoms with van der Waals surface area (Å²) in [6.45, 7) is 3.04. The molecule has 178 valence electrons. The monoisotopic (exact) mass is 486 g/mol. The van der Waals surface area contributed by atoms with E-state index in [1.165, 1.54) is 23.7 Å². The van der Waals surface area contributed by atoms with Gasteiger partial charge in [0.1, 0.15) is 11.1 Å². The molecule has 3 aromatic heterocycles. The average Bonchev–Trinajstić information content (AvgIpc) is 3.40. The number of benzene rings is 1. The minimum Gasteiger partial charge on any atom is -0.352 e. The summed E-state index contributed by atoms with van der Waals surface area (Å²) in [4.78, 5) is 44.3. The highest BCUT2D eigenvalue weighted by molar-refractivity contribution is 7.09. The standard InChI is InChI=1S/C27H26N4O3S/c1-19-7-9-20(10-8-19)15-29-26(33)23-17-31(13-11-21-5-2-3-12-28-21)18-24(25(23)32)27(34)30-16-22-6-4-14-35-22/h2-10,12,14,17-18H,11,13,15-16H2,1H3,(H,29,33)(H,30,34). The molecule has 0 atom stereocenters. The van der Waals surface area contributed by atoms with E-state index in [0.717, 1.165) is 21.7 Å². The Balaban J connectivity index is 1.56. The van der Waals surface area contributed by atoms with Gasteiger partial charge >= 0.3 is 0 Å². The molecule has 0 saturated carbocycles. The van der Waals surface area contributed by atoms with E-state index in [0.29, 0.717) is 19.5 Å². The number of nitrogens with zero attached hydrogens (tertiary/aromatic N) is 2. The quantitative estimate of drug-likeness (QED) is 0.377. The van der Waals surface area contributed by atoms with Crippen molar-refractivity contribution in [3.8, 4) is 0 Å². The predicted molar refractivity (Wildman–Crippen MR) is 136 cm³/mol. The van der Waals surface area contributed by atoms with Crippen molar-refractivity contribution in [1.82, 2.24) is 20.2 Å². The van der Waals surface area contributed by atoms with Crippen molar-refractivity contribution >= 4 is 23.2 Å². The molecule has 0 fully saturated rings. The van der Waals surface area contributed by atoms with Gasteiger partial charge in [-0.1, -0.05) is 42.0 Å². The Morgan fingerprint density at radius 1 is 0.914 bits per heavy atom. The molecule has 4 rings (SSSR count). The van der Waals surface area contributed by atoms with Gasteiger partial charge in [0.15, 0.2) is 0 Å². The number of carbonyl (C=O) groups excluding carboxylic acids is 2. The van der Waals surface area contributed by atoms with Crippen molar-refractivity contribution in [1.29, 1.82) is 0 Å². The SMILES string of the molecule is Cc1ccc(CNC(=O)c2cn(CCc3ccccn3)cc(C(=O)NCc3cccs3)c2=O)cc1. The molecule has 0 aliphatic heterocycles. The van der Waals surface area contributed by atoms with Crippen LogP contribution in [0.2, 0.25) is 0 Å². The molecule has 8 heteroatoms. The van der Waals surface area contributed by atoms with Gasteiger partial charge in [0.2, 0.25) is 5.43 Å². The van der Waals surface area contributed by atoms with Gasteiger partial charge in [-0.2, -0.15) is 0 Å². The van der Waals surface area contributed by atoms with Crippen LogP contribution < -0.4 is 16.1 Å². The normalized spacial score (nSPS) is 10.7. The van der Waals surface area contributed by atoms with Crippen LogP contribution in [-0.2, 0) is 26.1 Å². The molecule has 3 heterocycles. The second-order valence-electron chi connectivity index (χ2n) is 8.15. The third kappa shape index (κ3) is 6.51. The zero-order valence-corrected chi connectivity index (χ0v) is 20.2. The van der Waals surface area contributed by atoms with Crippen molar-refractivity contribution in [2.75, 3.05) is 0 Å². The van der Waals surface area contributed by atoms with Crippen molar-refractivity contribution in [2.45, 2.75) is 33.0 Å². The van der Waals surface area contributed by atoms with Crippen molar-refractivity contribution in [3.63, 3.8) is 0 Å². The first-order valence-corrected chi connectivity index (χ1v) is 12.2. The lowest BCUT2D eigenvalue weighted by molar-refractivity contribution is 0.0948. The predicted octanol–water partition coefficient (Wildman–Crippen LogP) is 3.72. The summed E-state index contributed by atoms with van der Waals surface area (Å²) >= 11 is 1.52. The topological polar surface area (TPSA) is 93.1 Å². The molecular weight excluding hydrogens is 460 g/mol. The van der Waals surface area contributed by atoms with Gasteiger partial charge in [0.25, 0.3) is 11.8 Å². The highest BCUT2D eigenvalue weighted by Crippen LogP contribution is 2.09. The Kier molecular flexibility index (Phi) is 7.84. The number of nitrogens with one attached hydrogen (secondary N) is 2. The molecule has 35 heavy (non-hydrogen) atoms. The fourth-order valence-corrected chi connectivity index (χ4v) is 4.18. The summed E-state index contributed by atoms with van der Waals surface area (Å²) in [5, 5.41) is 7.51. The molecule has 0 radical (unpaired) electrons. The third-order valence-electron chi connectivity index (χ3n) is 5.50. The lowest BCUT2D eigenvalue weighted by Gasteiger charge is -2.13. The molecule has 0 unspecified atom stereocenters. The van der Waals surface area contributed by atoms with E-state index < -0.39 is 17.2 Å². The van der Waals surface area contributed by atoms with Gasteiger partial charge in [-0.3, -0.25) is 19.4 Å². The number of pyridine rings is 2. The number of hydrogen-bond donors (Lipinski definition) is 2. The molecule has 2 N–H and O–H groups in total. The van der Waals surface area contributed by atoms with E-state index in [1.807, 2.05) is 66.9 Å². The number of amides is 2. The van der Waals surface area contributed by atoms with Crippen LogP contribution in [0.1, 0.15) is 42.4 Å². The van der Waals surface area contributed by atoms with Crippen molar-refractivity contribution in [2.24, 2.45) is 0 Å². The lowest BCUT2D eigenvalue weighted by Crippen LogP contribution is -2.35. The van der Waals surface area contributed by atoms with Gasteiger partial charge in [-0.05, 0) is 36.1 Å². The second kappa shape index (κ2) is 11.4. The molecule has 2 amide bonds. The maximum atomic E-state index is 13.2. The molecule has 0 aliphatic carbocycles. The first kappa shape index (κ1) is 24.1. The smallest absolute Gasteiger partial charge is 0.257 e. The maximum Gasteiger partial charge on any atom is 0.257 e. The first-order valence-electron chi connectivity index (χ1n) is 11.3. The summed E-state index contributed by atoms with van der Waals surface area (Å²) in [6, 6.07) is 17.2. The molecule has 0 spiro atoms. The Labute approximate surface area is 207 Å². The van der Waals surface area contributed by atoms with Crippen molar-refractivity contribution < 1.29 is 9.59 Å². The van der Waals surface area contributed by atoms with E-state index in [2.05, 4.69) is 15.6 Å². The summed E-state index contributed by atoms with van der Waals surface area (Å²) < 4.78 is 1.71. The summed E-state index contributed by atoms with van der Waals surface area (Å²) in [5.74, 6) is -1.03. The summed E-state index contributed by atoms with van der Waals surface area (Å²) in [5.41, 5.74) is 2.19. The van der Waals surface area contributed by atoms with Crippen LogP contribution in [-0.4, -0.2) is 21.4 Å². The minimum absolute atomic E-state index is 0.0643. The van der Waals surface area contributed by atoms with Crippen LogP contribution in [0.4, 0.5) is 0 Å². The minimum atomic E-state index is -0.593. The van der Waals surface area contributed by atoms with E-state index in [9.17, 15) is 14.4 Å². The molecule has 0 saturated heterocycles. The number of aryl methyl sites for hydroxylation is 3. The highest BCUT2D eigenvalue weighted by atomic mass is 32.1. The van der Waals surface area contributed by atoms with Crippen LogP contribution in [0.5, 0.6) is 0 Å². The van der Waals surface area contributed by atoms with E-state index in [1.54, 1.807) is 10.8 Å². The molecule has 1 aromatic carbocycles. The average molecular weight is 487 g/mol. The zero-order valence-electron chi connectivity index (χ0n) is 19.4. The van der Waals surface area contributed by atoms with E-state index in [-0.39, 0.29) is 17.7 Å². The summed E-state index contributed by atoms with van der Waals surface area (Å²) in [6.07, 6.45) is 5.32. The van der Waals surface area contributed by atoms with E-state index in [4.69, 9.17) is 0 Å². The van der Waals surface area contributed by atoms with Gasteiger partial charge in [0.05, 0.1) is 6.54 Å². The number of carbonyl (C=O) groups is 2. The Morgan fingerprint density at radius 2 is 1.63 bits per heavy atom. The van der Waals surface area contributed by atoms with Gasteiger partial charge in [-0.15, -0.1) is 11.3 Å². The molecule has 7 nitrogen and oxygen atoms in total. The Bertz CT molecular complexity index is 1350. The summed E-state index contributed by atoms with van der Waals surface area (Å²) in [7, 11) is 0. The number of thiophene rings is 1. The largest absolute Gasteiger partial charge is 0.352 e. The first-order chi connectivity index (χ1) is 17.0. The Hall–Kier alpha value is -4.04. The van der Waals surface area contributed by atoms with Gasteiger partial charge in [0, 0.05) is 48.7 Å². The number of rotatable bonds is 9. The third-order valence-corrected chi connectivity index (χ3v) is 6.37. The Morgan fingerprint density at radius 3 is 2.26 bits per heavy atom. The fourth-order valence-electron chi connectivity index (χ4n) is 3.53. The van der Waals surface area contributed by atoms with Gasteiger partial charge < -0.3 is 15.2 Å². The second-order valence-corrected chi connectivity index (χ2v) is 9.19. The fraction of sp³-hybridized carbons (Fsp3) is 0.185. The molecule has 0 bridgehead atoms. The lowest BCUT2D eigenvalue weighted by atomic mass is 10.1. The maximum absolute atomic E-state index is 13.2. The van der Waals surface area contributed by atoms with Crippen LogP contribution in [0.3, 0.4) is 0 Å². The molecular formula is C27H26N4O3S. The molecule has 0 aliphatic rings. The van der Waals surface area contributed by atoms with Crippen LogP contribution in [0.25, 0.3) is 0 Å². The van der Waals surface area contributed by atoms with Gasteiger partial charge in [-0.25, -0.2) is 0 Å².